The fourth-order valence-electron chi connectivity index (χ4n) is 1.68. The Morgan fingerprint density at radius 3 is 2.35 bits per heavy atom. The third kappa shape index (κ3) is 3.25. The van der Waals surface area contributed by atoms with E-state index >= 15 is 0 Å². The highest BCUT2D eigenvalue weighted by Gasteiger charge is 2.30. The highest BCUT2D eigenvalue weighted by atomic mass is 79.9. The van der Waals surface area contributed by atoms with Crippen LogP contribution in [0.15, 0.2) is 40.9 Å². The highest BCUT2D eigenvalue weighted by molar-refractivity contribution is 9.10. The molecule has 0 bridgehead atoms. The Kier molecular flexibility index (Phi) is 3.94. The Morgan fingerprint density at radius 2 is 1.80 bits per heavy atom. The number of aryl methyl sites for hydroxylation is 1. The zero-order chi connectivity index (χ0) is 14.9. The average Bonchev–Trinajstić information content (AvgIpc) is 2.35. The van der Waals surface area contributed by atoms with E-state index in [1.807, 2.05) is 25.1 Å². The number of halogens is 4. The van der Waals surface area contributed by atoms with Gasteiger partial charge in [-0.25, -0.2) is 0 Å². The van der Waals surface area contributed by atoms with Crippen molar-refractivity contribution in [2.45, 2.75) is 13.1 Å². The molecule has 0 aliphatic heterocycles. The summed E-state index contributed by atoms with van der Waals surface area (Å²) in [7, 11) is 0. The van der Waals surface area contributed by atoms with Crippen molar-refractivity contribution >= 4 is 33.0 Å². The van der Waals surface area contributed by atoms with Gasteiger partial charge in [-0.05, 0) is 42.8 Å². The zero-order valence-electron chi connectivity index (χ0n) is 10.6. The summed E-state index contributed by atoms with van der Waals surface area (Å²) in [6.07, 6.45) is -4.39. The van der Waals surface area contributed by atoms with Gasteiger partial charge in [0, 0.05) is 10.2 Å². The summed E-state index contributed by atoms with van der Waals surface area (Å²) in [5.74, 6) is 0. The van der Waals surface area contributed by atoms with Crippen molar-refractivity contribution in [3.8, 4) is 0 Å². The molecule has 2 aromatic carbocycles. The fraction of sp³-hybridized carbons (Fsp3) is 0.143. The first-order valence-corrected chi connectivity index (χ1v) is 6.56. The smallest absolute Gasteiger partial charge is 0.397 e. The van der Waals surface area contributed by atoms with E-state index in [2.05, 4.69) is 21.2 Å². The first kappa shape index (κ1) is 14.7. The van der Waals surface area contributed by atoms with Crippen molar-refractivity contribution in [1.82, 2.24) is 0 Å². The molecular formula is C14H12BrF3N2. The van der Waals surface area contributed by atoms with Crippen LogP contribution in [0.5, 0.6) is 0 Å². The van der Waals surface area contributed by atoms with E-state index in [4.69, 9.17) is 5.73 Å². The van der Waals surface area contributed by atoms with E-state index in [-0.39, 0.29) is 5.69 Å². The molecule has 0 heterocycles. The van der Waals surface area contributed by atoms with Gasteiger partial charge < -0.3 is 11.1 Å². The van der Waals surface area contributed by atoms with Gasteiger partial charge in [0.25, 0.3) is 0 Å². The van der Waals surface area contributed by atoms with Gasteiger partial charge >= 0.3 is 6.18 Å². The highest BCUT2D eigenvalue weighted by Crippen LogP contribution is 2.34. The number of anilines is 3. The minimum Gasteiger partial charge on any atom is -0.397 e. The van der Waals surface area contributed by atoms with Crippen molar-refractivity contribution in [1.29, 1.82) is 0 Å². The predicted octanol–water partition coefficient (Wildman–Crippen LogP) is 5.10. The number of nitrogens with two attached hydrogens (primary N) is 1. The van der Waals surface area contributed by atoms with E-state index in [9.17, 15) is 13.2 Å². The second kappa shape index (κ2) is 5.36. The van der Waals surface area contributed by atoms with Crippen LogP contribution in [0.3, 0.4) is 0 Å². The van der Waals surface area contributed by atoms with Gasteiger partial charge in [-0.3, -0.25) is 0 Å². The normalized spacial score (nSPS) is 11.4. The van der Waals surface area contributed by atoms with Crippen LogP contribution in [0, 0.1) is 6.92 Å². The number of hydrogen-bond acceptors (Lipinski definition) is 2. The van der Waals surface area contributed by atoms with Crippen molar-refractivity contribution in [3.05, 3.63) is 52.0 Å². The number of nitrogen functional groups attached to an aromatic ring is 1. The molecule has 0 fully saturated rings. The molecule has 2 aromatic rings. The molecule has 0 atom stereocenters. The monoisotopic (exact) mass is 344 g/mol. The molecule has 3 N–H and O–H groups in total. The van der Waals surface area contributed by atoms with Gasteiger partial charge in [-0.2, -0.15) is 13.2 Å². The number of hydrogen-bond donors (Lipinski definition) is 2. The van der Waals surface area contributed by atoms with Crippen LogP contribution in [0.2, 0.25) is 0 Å². The van der Waals surface area contributed by atoms with Gasteiger partial charge in [0.05, 0.1) is 16.9 Å². The minimum atomic E-state index is -4.39. The van der Waals surface area contributed by atoms with E-state index in [1.165, 1.54) is 6.07 Å². The molecule has 0 saturated heterocycles. The van der Waals surface area contributed by atoms with E-state index in [0.29, 0.717) is 5.69 Å². The molecule has 0 aliphatic rings. The maximum atomic E-state index is 12.5. The van der Waals surface area contributed by atoms with Crippen molar-refractivity contribution in [3.63, 3.8) is 0 Å². The third-order valence-corrected chi connectivity index (χ3v) is 3.68. The quantitative estimate of drug-likeness (QED) is 0.743. The summed E-state index contributed by atoms with van der Waals surface area (Å²) >= 11 is 3.40. The van der Waals surface area contributed by atoms with Gasteiger partial charge in [0.2, 0.25) is 0 Å². The van der Waals surface area contributed by atoms with Crippen molar-refractivity contribution in [2.75, 3.05) is 11.1 Å². The number of alkyl halides is 3. The molecule has 0 aromatic heterocycles. The second-order valence-electron chi connectivity index (χ2n) is 4.39. The molecule has 106 valence electrons. The van der Waals surface area contributed by atoms with Gasteiger partial charge in [0.15, 0.2) is 0 Å². The molecule has 2 nitrogen and oxygen atoms in total. The van der Waals surface area contributed by atoms with Gasteiger partial charge in [-0.15, -0.1) is 0 Å². The van der Waals surface area contributed by atoms with Crippen LogP contribution < -0.4 is 11.1 Å². The first-order valence-electron chi connectivity index (χ1n) is 5.77. The molecule has 0 unspecified atom stereocenters. The summed E-state index contributed by atoms with van der Waals surface area (Å²) in [6.45, 7) is 1.94. The SMILES string of the molecule is Cc1ccc(Nc2ccc(C(F)(F)F)cc2N)cc1Br. The van der Waals surface area contributed by atoms with Crippen LogP contribution in [0.4, 0.5) is 30.2 Å². The zero-order valence-corrected chi connectivity index (χ0v) is 12.1. The fourth-order valence-corrected chi connectivity index (χ4v) is 2.06. The van der Waals surface area contributed by atoms with Crippen LogP contribution in [-0.4, -0.2) is 0 Å². The molecule has 0 amide bonds. The van der Waals surface area contributed by atoms with E-state index < -0.39 is 11.7 Å². The molecular weight excluding hydrogens is 333 g/mol. The number of nitrogens with one attached hydrogen (secondary N) is 1. The Hall–Kier alpha value is -1.69. The topological polar surface area (TPSA) is 38.0 Å². The molecule has 0 spiro atoms. The molecule has 2 rings (SSSR count). The Bertz CT molecular complexity index is 639. The minimum absolute atomic E-state index is 0.0523. The summed E-state index contributed by atoms with van der Waals surface area (Å²) in [5.41, 5.74) is 7.20. The van der Waals surface area contributed by atoms with E-state index in [0.717, 1.165) is 27.9 Å². The lowest BCUT2D eigenvalue weighted by molar-refractivity contribution is -0.137. The lowest BCUT2D eigenvalue weighted by atomic mass is 10.1. The summed E-state index contributed by atoms with van der Waals surface area (Å²) in [6, 6.07) is 8.82. The molecule has 20 heavy (non-hydrogen) atoms. The molecule has 6 heteroatoms. The van der Waals surface area contributed by atoms with Crippen LogP contribution in [0.1, 0.15) is 11.1 Å². The van der Waals surface area contributed by atoms with Crippen molar-refractivity contribution in [2.24, 2.45) is 0 Å². The van der Waals surface area contributed by atoms with E-state index in [1.54, 1.807) is 0 Å². The summed E-state index contributed by atoms with van der Waals surface area (Å²) in [4.78, 5) is 0. The maximum Gasteiger partial charge on any atom is 0.416 e. The Labute approximate surface area is 122 Å². The average molecular weight is 345 g/mol. The lowest BCUT2D eigenvalue weighted by Crippen LogP contribution is -2.06. The third-order valence-electron chi connectivity index (χ3n) is 2.83. The Balaban J connectivity index is 2.28. The van der Waals surface area contributed by atoms with Gasteiger partial charge in [0.1, 0.15) is 0 Å². The standard InChI is InChI=1S/C14H12BrF3N2/c1-8-2-4-10(7-11(8)15)20-13-5-3-9(6-12(13)19)14(16,17)18/h2-7,20H,19H2,1H3. The lowest BCUT2D eigenvalue weighted by Gasteiger charge is -2.13. The largest absolute Gasteiger partial charge is 0.416 e. The van der Waals surface area contributed by atoms with Crippen LogP contribution >= 0.6 is 15.9 Å². The molecule has 0 radical (unpaired) electrons. The molecule has 0 saturated carbocycles. The maximum absolute atomic E-state index is 12.5. The van der Waals surface area contributed by atoms with Gasteiger partial charge in [-0.1, -0.05) is 22.0 Å². The second-order valence-corrected chi connectivity index (χ2v) is 5.24. The predicted molar refractivity (Wildman–Crippen MR) is 78.0 cm³/mol. The summed E-state index contributed by atoms with van der Waals surface area (Å²) in [5, 5.41) is 3.00. The molecule has 0 aliphatic carbocycles. The van der Waals surface area contributed by atoms with Crippen molar-refractivity contribution < 1.29 is 13.2 Å². The Morgan fingerprint density at radius 1 is 1.10 bits per heavy atom. The summed E-state index contributed by atoms with van der Waals surface area (Å²) < 4.78 is 38.5. The first-order chi connectivity index (χ1) is 9.27. The van der Waals surface area contributed by atoms with Crippen LogP contribution in [0.25, 0.3) is 0 Å². The number of rotatable bonds is 2. The van der Waals surface area contributed by atoms with Crippen LogP contribution in [-0.2, 0) is 6.18 Å². The number of benzene rings is 2.